The zero-order valence-corrected chi connectivity index (χ0v) is 14.4. The molecule has 0 aliphatic heterocycles. The average molecular weight is 352 g/mol. The van der Waals surface area contributed by atoms with Gasteiger partial charge in [-0.05, 0) is 64.7 Å². The normalized spacial score (nSPS) is 21.3. The molecule has 21 heavy (non-hydrogen) atoms. The maximum absolute atomic E-state index is 10.8. The summed E-state index contributed by atoms with van der Waals surface area (Å²) in [4.78, 5) is 0. The molecular formula is C17H22BrNO2. The number of nitriles is 1. The topological polar surface area (TPSA) is 53.2 Å². The van der Waals surface area contributed by atoms with Crippen LogP contribution in [-0.4, -0.2) is 12.2 Å². The minimum Gasteiger partial charge on any atom is -0.496 e. The molecule has 1 unspecified atom stereocenters. The van der Waals surface area contributed by atoms with Crippen LogP contribution in [0.2, 0.25) is 0 Å². The molecule has 0 heterocycles. The van der Waals surface area contributed by atoms with E-state index in [0.29, 0.717) is 0 Å². The fourth-order valence-electron chi connectivity index (χ4n) is 2.99. The second-order valence-electron chi connectivity index (χ2n) is 6.73. The fraction of sp³-hybridized carbons (Fsp3) is 0.588. The molecule has 4 heteroatoms. The van der Waals surface area contributed by atoms with E-state index in [9.17, 15) is 10.4 Å². The van der Waals surface area contributed by atoms with Crippen LogP contribution in [-0.2, 0) is 0 Å². The van der Waals surface area contributed by atoms with Crippen molar-refractivity contribution < 1.29 is 9.84 Å². The number of halogens is 1. The summed E-state index contributed by atoms with van der Waals surface area (Å²) in [7, 11) is 1.61. The summed E-state index contributed by atoms with van der Waals surface area (Å²) in [6.07, 6.45) is 2.65. The summed E-state index contributed by atoms with van der Waals surface area (Å²) >= 11 is 3.44. The highest BCUT2D eigenvalue weighted by Crippen LogP contribution is 2.51. The number of nitrogens with zero attached hydrogens (tertiary/aromatic N) is 1. The van der Waals surface area contributed by atoms with Crippen molar-refractivity contribution in [3.63, 3.8) is 0 Å². The first-order chi connectivity index (χ1) is 9.83. The van der Waals surface area contributed by atoms with E-state index >= 15 is 0 Å². The standard InChI is InChI=1S/C17H22BrNO2/c1-16(2)6-8-17(11-19,9-7-16)15(20)12-4-5-14(21-3)13(18)10-12/h4-5,10,15,20H,6-9H2,1-3H3. The van der Waals surface area contributed by atoms with Gasteiger partial charge in [0.05, 0.1) is 29.2 Å². The molecular weight excluding hydrogens is 330 g/mol. The Morgan fingerprint density at radius 2 is 1.90 bits per heavy atom. The lowest BCUT2D eigenvalue weighted by Crippen LogP contribution is -2.35. The predicted octanol–water partition coefficient (Wildman–Crippen LogP) is 4.60. The van der Waals surface area contributed by atoms with E-state index in [-0.39, 0.29) is 5.41 Å². The minimum atomic E-state index is -0.763. The maximum Gasteiger partial charge on any atom is 0.133 e. The quantitative estimate of drug-likeness (QED) is 0.865. The van der Waals surface area contributed by atoms with Gasteiger partial charge in [-0.3, -0.25) is 0 Å². The number of methoxy groups -OCH3 is 1. The van der Waals surface area contributed by atoms with Gasteiger partial charge < -0.3 is 9.84 Å². The third-order valence-corrected chi connectivity index (χ3v) is 5.35. The van der Waals surface area contributed by atoms with Gasteiger partial charge in [0.1, 0.15) is 5.75 Å². The Kier molecular flexibility index (Phi) is 4.65. The zero-order chi connectivity index (χ0) is 15.7. The Morgan fingerprint density at radius 3 is 2.38 bits per heavy atom. The molecule has 0 amide bonds. The van der Waals surface area contributed by atoms with E-state index in [1.165, 1.54) is 0 Å². The first-order valence-electron chi connectivity index (χ1n) is 7.26. The zero-order valence-electron chi connectivity index (χ0n) is 12.8. The van der Waals surface area contributed by atoms with E-state index in [4.69, 9.17) is 4.74 Å². The van der Waals surface area contributed by atoms with Crippen molar-refractivity contribution in [3.8, 4) is 11.8 Å². The molecule has 1 aliphatic carbocycles. The lowest BCUT2D eigenvalue weighted by molar-refractivity contribution is 0.00950. The molecule has 1 aliphatic rings. The van der Waals surface area contributed by atoms with Gasteiger partial charge in [0.2, 0.25) is 0 Å². The molecule has 2 rings (SSSR count). The lowest BCUT2D eigenvalue weighted by Gasteiger charge is -2.42. The molecule has 3 nitrogen and oxygen atoms in total. The highest BCUT2D eigenvalue weighted by molar-refractivity contribution is 9.10. The summed E-state index contributed by atoms with van der Waals surface area (Å²) in [6, 6.07) is 7.91. The Bertz CT molecular complexity index is 552. The van der Waals surface area contributed by atoms with Crippen LogP contribution in [0.15, 0.2) is 22.7 Å². The van der Waals surface area contributed by atoms with Gasteiger partial charge in [-0.25, -0.2) is 0 Å². The molecule has 1 saturated carbocycles. The van der Waals surface area contributed by atoms with Crippen LogP contribution >= 0.6 is 15.9 Å². The Balaban J connectivity index is 2.27. The molecule has 1 aromatic rings. The van der Waals surface area contributed by atoms with E-state index < -0.39 is 11.5 Å². The van der Waals surface area contributed by atoms with Crippen molar-refractivity contribution in [3.05, 3.63) is 28.2 Å². The molecule has 0 spiro atoms. The van der Waals surface area contributed by atoms with E-state index in [2.05, 4.69) is 35.8 Å². The van der Waals surface area contributed by atoms with E-state index in [0.717, 1.165) is 41.5 Å². The van der Waals surface area contributed by atoms with E-state index in [1.54, 1.807) is 7.11 Å². The molecule has 0 aromatic heterocycles. The molecule has 0 bridgehead atoms. The number of aliphatic hydroxyl groups is 1. The summed E-state index contributed by atoms with van der Waals surface area (Å²) in [6.45, 7) is 4.45. The number of rotatable bonds is 3. The van der Waals surface area contributed by atoms with Crippen molar-refractivity contribution in [1.82, 2.24) is 0 Å². The average Bonchev–Trinajstić information content (AvgIpc) is 2.47. The Morgan fingerprint density at radius 1 is 1.29 bits per heavy atom. The summed E-state index contributed by atoms with van der Waals surface area (Å²) in [5.74, 6) is 0.724. The predicted molar refractivity (Wildman–Crippen MR) is 85.9 cm³/mol. The van der Waals surface area contributed by atoms with Gasteiger partial charge in [-0.2, -0.15) is 5.26 Å². The van der Waals surface area contributed by atoms with Crippen molar-refractivity contribution in [2.45, 2.75) is 45.6 Å². The van der Waals surface area contributed by atoms with Crippen molar-refractivity contribution in [2.24, 2.45) is 10.8 Å². The number of hydrogen-bond acceptors (Lipinski definition) is 3. The molecule has 1 atom stereocenters. The molecule has 1 N–H and O–H groups in total. The van der Waals surface area contributed by atoms with Gasteiger partial charge in [0.15, 0.2) is 0 Å². The number of hydrogen-bond donors (Lipinski definition) is 1. The fourth-order valence-corrected chi connectivity index (χ4v) is 3.55. The van der Waals surface area contributed by atoms with Crippen molar-refractivity contribution >= 4 is 15.9 Å². The number of aliphatic hydroxyl groups excluding tert-OH is 1. The molecule has 0 radical (unpaired) electrons. The Hall–Kier alpha value is -1.05. The second-order valence-corrected chi connectivity index (χ2v) is 7.58. The van der Waals surface area contributed by atoms with Gasteiger partial charge in [-0.1, -0.05) is 19.9 Å². The lowest BCUT2D eigenvalue weighted by atomic mass is 9.62. The smallest absolute Gasteiger partial charge is 0.133 e. The van der Waals surface area contributed by atoms with Gasteiger partial charge in [0.25, 0.3) is 0 Å². The van der Waals surface area contributed by atoms with Crippen LogP contribution in [0.5, 0.6) is 5.75 Å². The Labute approximate surface area is 135 Å². The molecule has 1 aromatic carbocycles. The SMILES string of the molecule is COc1ccc(C(O)C2(C#N)CCC(C)(C)CC2)cc1Br. The highest BCUT2D eigenvalue weighted by atomic mass is 79.9. The van der Waals surface area contributed by atoms with Gasteiger partial charge >= 0.3 is 0 Å². The minimum absolute atomic E-state index is 0.264. The molecule has 0 saturated heterocycles. The van der Waals surface area contributed by atoms with Gasteiger partial charge in [-0.15, -0.1) is 0 Å². The van der Waals surface area contributed by atoms with Gasteiger partial charge in [0, 0.05) is 0 Å². The van der Waals surface area contributed by atoms with Crippen LogP contribution in [0, 0.1) is 22.2 Å². The monoisotopic (exact) mass is 351 g/mol. The largest absolute Gasteiger partial charge is 0.496 e. The number of ether oxygens (including phenoxy) is 1. The van der Waals surface area contributed by atoms with Crippen molar-refractivity contribution in [1.29, 1.82) is 5.26 Å². The third-order valence-electron chi connectivity index (χ3n) is 4.73. The highest BCUT2D eigenvalue weighted by Gasteiger charge is 2.44. The molecule has 114 valence electrons. The van der Waals surface area contributed by atoms with Crippen LogP contribution < -0.4 is 4.74 Å². The van der Waals surface area contributed by atoms with E-state index in [1.807, 2.05) is 18.2 Å². The maximum atomic E-state index is 10.8. The van der Waals surface area contributed by atoms with Crippen LogP contribution in [0.1, 0.15) is 51.2 Å². The summed E-state index contributed by atoms with van der Waals surface area (Å²) in [5.41, 5.74) is 0.355. The molecule has 1 fully saturated rings. The third kappa shape index (κ3) is 3.25. The van der Waals surface area contributed by atoms with Crippen molar-refractivity contribution in [2.75, 3.05) is 7.11 Å². The van der Waals surface area contributed by atoms with Crippen LogP contribution in [0.4, 0.5) is 0 Å². The second kappa shape index (κ2) is 5.98. The number of benzene rings is 1. The van der Waals surface area contributed by atoms with Crippen LogP contribution in [0.25, 0.3) is 0 Å². The summed E-state index contributed by atoms with van der Waals surface area (Å²) < 4.78 is 6.01. The summed E-state index contributed by atoms with van der Waals surface area (Å²) in [5, 5.41) is 20.4. The first-order valence-corrected chi connectivity index (χ1v) is 8.06. The first kappa shape index (κ1) is 16.3. The van der Waals surface area contributed by atoms with Crippen LogP contribution in [0.3, 0.4) is 0 Å².